The number of carbonyl (C=O) groups is 1. The molecule has 0 saturated heterocycles. The molecule has 1 amide bonds. The first-order chi connectivity index (χ1) is 12.6. The molecule has 5 heteroatoms. The van der Waals surface area contributed by atoms with Crippen molar-refractivity contribution in [2.24, 2.45) is 0 Å². The highest BCUT2D eigenvalue weighted by molar-refractivity contribution is 6.01. The molecule has 3 nitrogen and oxygen atoms in total. The Labute approximate surface area is 148 Å². The molecule has 1 heterocycles. The van der Waals surface area contributed by atoms with Gasteiger partial charge in [0.2, 0.25) is 0 Å². The molecule has 0 aliphatic carbocycles. The Hall–Kier alpha value is -3.52. The summed E-state index contributed by atoms with van der Waals surface area (Å²) in [5.41, 5.74) is 3.85. The third-order valence-electron chi connectivity index (χ3n) is 4.45. The molecular weight excluding hydrogens is 334 g/mol. The van der Waals surface area contributed by atoms with E-state index in [-0.39, 0.29) is 11.5 Å². The molecule has 3 aromatic carbocycles. The van der Waals surface area contributed by atoms with Crippen molar-refractivity contribution in [3.05, 3.63) is 82.9 Å². The summed E-state index contributed by atoms with van der Waals surface area (Å²) in [6.07, 6.45) is 0. The van der Waals surface area contributed by atoms with Gasteiger partial charge in [0.25, 0.3) is 5.91 Å². The van der Waals surface area contributed by atoms with Gasteiger partial charge in [0.1, 0.15) is 11.6 Å². The lowest BCUT2D eigenvalue weighted by Crippen LogP contribution is -2.12. The second kappa shape index (κ2) is 6.08. The Morgan fingerprint density at radius 2 is 1.77 bits per heavy atom. The zero-order valence-electron chi connectivity index (χ0n) is 13.5. The van der Waals surface area contributed by atoms with E-state index < -0.39 is 11.6 Å². The summed E-state index contributed by atoms with van der Waals surface area (Å²) in [6, 6.07) is 15.8. The summed E-state index contributed by atoms with van der Waals surface area (Å²) in [5, 5.41) is 11.9. The van der Waals surface area contributed by atoms with Crippen LogP contribution < -0.4 is 5.32 Å². The number of nitrogens with zero attached hydrogens (tertiary/aromatic N) is 1. The summed E-state index contributed by atoms with van der Waals surface area (Å²) in [5.74, 6) is -1.60. The number of nitrogens with one attached hydrogen (secondary N) is 1. The van der Waals surface area contributed by atoms with E-state index in [1.54, 1.807) is 24.3 Å². The molecule has 3 aromatic rings. The van der Waals surface area contributed by atoms with Crippen LogP contribution in [0.4, 0.5) is 8.78 Å². The van der Waals surface area contributed by atoms with Crippen molar-refractivity contribution in [3.8, 4) is 28.3 Å². The Morgan fingerprint density at radius 3 is 2.54 bits per heavy atom. The molecule has 0 saturated carbocycles. The maximum absolute atomic E-state index is 14.4. The number of benzene rings is 3. The first kappa shape index (κ1) is 16.0. The van der Waals surface area contributed by atoms with E-state index in [2.05, 4.69) is 11.4 Å². The number of fused-ring (bicyclic) bond motifs is 1. The fourth-order valence-corrected chi connectivity index (χ4v) is 3.20. The highest BCUT2D eigenvalue weighted by Crippen LogP contribution is 2.37. The number of halogens is 2. The quantitative estimate of drug-likeness (QED) is 0.747. The van der Waals surface area contributed by atoms with Crippen LogP contribution >= 0.6 is 0 Å². The zero-order valence-corrected chi connectivity index (χ0v) is 13.5. The van der Waals surface area contributed by atoms with Crippen LogP contribution in [0.2, 0.25) is 0 Å². The number of hydrogen-bond donors (Lipinski definition) is 1. The molecule has 1 N–H and O–H groups in total. The SMILES string of the molecule is N#Cc1cccc(-c2cc3c(cc2-c2ccc(F)cc2F)C(=O)NC3)c1. The van der Waals surface area contributed by atoms with Gasteiger partial charge in [0.15, 0.2) is 0 Å². The minimum absolute atomic E-state index is 0.200. The fourth-order valence-electron chi connectivity index (χ4n) is 3.20. The Balaban J connectivity index is 2.01. The van der Waals surface area contributed by atoms with Gasteiger partial charge in [-0.15, -0.1) is 0 Å². The van der Waals surface area contributed by atoms with Gasteiger partial charge < -0.3 is 5.32 Å². The van der Waals surface area contributed by atoms with Gasteiger partial charge in [-0.25, -0.2) is 8.78 Å². The average Bonchev–Trinajstić information content (AvgIpc) is 3.01. The number of hydrogen-bond acceptors (Lipinski definition) is 2. The van der Waals surface area contributed by atoms with Gasteiger partial charge in [0, 0.05) is 23.7 Å². The van der Waals surface area contributed by atoms with E-state index in [0.29, 0.717) is 28.8 Å². The monoisotopic (exact) mass is 346 g/mol. The normalized spacial score (nSPS) is 12.4. The van der Waals surface area contributed by atoms with Crippen molar-refractivity contribution in [2.45, 2.75) is 6.54 Å². The van der Waals surface area contributed by atoms with E-state index in [1.807, 2.05) is 12.1 Å². The molecule has 0 atom stereocenters. The van der Waals surface area contributed by atoms with E-state index in [9.17, 15) is 13.6 Å². The summed E-state index contributed by atoms with van der Waals surface area (Å²) in [7, 11) is 0. The first-order valence-corrected chi connectivity index (χ1v) is 7.98. The van der Waals surface area contributed by atoms with E-state index in [4.69, 9.17) is 5.26 Å². The fraction of sp³-hybridized carbons (Fsp3) is 0.0476. The predicted octanol–water partition coefficient (Wildman–Crippen LogP) is 4.41. The van der Waals surface area contributed by atoms with Gasteiger partial charge in [0.05, 0.1) is 11.6 Å². The highest BCUT2D eigenvalue weighted by Gasteiger charge is 2.23. The molecule has 126 valence electrons. The van der Waals surface area contributed by atoms with E-state index >= 15 is 0 Å². The molecule has 26 heavy (non-hydrogen) atoms. The van der Waals surface area contributed by atoms with E-state index in [1.165, 1.54) is 12.1 Å². The molecular formula is C21H12F2N2O. The van der Waals surface area contributed by atoms with Crippen molar-refractivity contribution in [2.75, 3.05) is 0 Å². The van der Waals surface area contributed by atoms with Crippen LogP contribution in [0.15, 0.2) is 54.6 Å². The van der Waals surface area contributed by atoms with Crippen molar-refractivity contribution in [3.63, 3.8) is 0 Å². The second-order valence-electron chi connectivity index (χ2n) is 6.05. The maximum atomic E-state index is 14.4. The number of nitriles is 1. The zero-order chi connectivity index (χ0) is 18.3. The number of rotatable bonds is 2. The second-order valence-corrected chi connectivity index (χ2v) is 6.05. The number of amides is 1. The van der Waals surface area contributed by atoms with Crippen LogP contribution in [0, 0.1) is 23.0 Å². The number of carbonyl (C=O) groups excluding carboxylic acids is 1. The van der Waals surface area contributed by atoms with Crippen LogP contribution in [0.25, 0.3) is 22.3 Å². The van der Waals surface area contributed by atoms with Gasteiger partial charge in [-0.1, -0.05) is 12.1 Å². The molecule has 4 rings (SSSR count). The molecule has 1 aliphatic heterocycles. The first-order valence-electron chi connectivity index (χ1n) is 7.98. The topological polar surface area (TPSA) is 52.9 Å². The van der Waals surface area contributed by atoms with E-state index in [0.717, 1.165) is 17.2 Å². The predicted molar refractivity (Wildman–Crippen MR) is 93.1 cm³/mol. The standard InChI is InChI=1S/C21H12F2N2O/c22-15-4-5-16(20(23)8-15)19-9-18-14(11-25-21(18)26)7-17(19)13-3-1-2-12(6-13)10-24/h1-9H,11H2,(H,25,26). The molecule has 0 aromatic heterocycles. The van der Waals surface area contributed by atoms with Crippen molar-refractivity contribution < 1.29 is 13.6 Å². The lowest BCUT2D eigenvalue weighted by Gasteiger charge is -2.14. The van der Waals surface area contributed by atoms with Gasteiger partial charge >= 0.3 is 0 Å². The molecule has 0 spiro atoms. The third-order valence-corrected chi connectivity index (χ3v) is 4.45. The van der Waals surface area contributed by atoms with Gasteiger partial charge in [-0.2, -0.15) is 5.26 Å². The van der Waals surface area contributed by atoms with Crippen molar-refractivity contribution in [1.82, 2.24) is 5.32 Å². The molecule has 1 aliphatic rings. The van der Waals surface area contributed by atoms with Crippen LogP contribution in [-0.4, -0.2) is 5.91 Å². The minimum Gasteiger partial charge on any atom is -0.348 e. The lowest BCUT2D eigenvalue weighted by molar-refractivity contribution is 0.0966. The van der Waals surface area contributed by atoms with Crippen LogP contribution in [0.3, 0.4) is 0 Å². The summed E-state index contributed by atoms with van der Waals surface area (Å²) in [6.45, 7) is 0.394. The summed E-state index contributed by atoms with van der Waals surface area (Å²) in [4.78, 5) is 12.0. The molecule has 0 fully saturated rings. The smallest absolute Gasteiger partial charge is 0.251 e. The largest absolute Gasteiger partial charge is 0.348 e. The Morgan fingerprint density at radius 1 is 0.923 bits per heavy atom. The molecule has 0 bridgehead atoms. The average molecular weight is 346 g/mol. The highest BCUT2D eigenvalue weighted by atomic mass is 19.1. The van der Waals surface area contributed by atoms with Crippen molar-refractivity contribution in [1.29, 1.82) is 5.26 Å². The van der Waals surface area contributed by atoms with Crippen LogP contribution in [0.5, 0.6) is 0 Å². The van der Waals surface area contributed by atoms with Gasteiger partial charge in [-0.05, 0) is 58.7 Å². The Bertz CT molecular complexity index is 1100. The van der Waals surface area contributed by atoms with Crippen LogP contribution in [-0.2, 0) is 6.54 Å². The third kappa shape index (κ3) is 2.62. The maximum Gasteiger partial charge on any atom is 0.251 e. The summed E-state index contributed by atoms with van der Waals surface area (Å²) < 4.78 is 27.8. The van der Waals surface area contributed by atoms with Crippen molar-refractivity contribution >= 4 is 5.91 Å². The molecule has 0 unspecified atom stereocenters. The lowest BCUT2D eigenvalue weighted by atomic mass is 9.90. The van der Waals surface area contributed by atoms with Crippen LogP contribution in [0.1, 0.15) is 21.5 Å². The Kier molecular flexibility index (Phi) is 3.74. The molecule has 0 radical (unpaired) electrons. The minimum atomic E-state index is -0.707. The van der Waals surface area contributed by atoms with Gasteiger partial charge in [-0.3, -0.25) is 4.79 Å². The summed E-state index contributed by atoms with van der Waals surface area (Å²) >= 11 is 0.